The molecule has 1 amide bonds. The molecule has 0 aliphatic rings. The number of carbonyl (C=O) groups excluding carboxylic acids is 1. The number of hydrogen-bond donors (Lipinski definition) is 1. The first-order valence-electron chi connectivity index (χ1n) is 10.2. The second kappa shape index (κ2) is 8.63. The van der Waals surface area contributed by atoms with Crippen LogP contribution in [0.1, 0.15) is 16.1 Å². The predicted octanol–water partition coefficient (Wildman–Crippen LogP) is 5.64. The van der Waals surface area contributed by atoms with E-state index in [1.165, 1.54) is 34.1 Å². The first-order valence-corrected chi connectivity index (χ1v) is 11.0. The van der Waals surface area contributed by atoms with E-state index in [-0.39, 0.29) is 17.3 Å². The number of ether oxygens (including phenoxy) is 1. The molecule has 6 nitrogen and oxygen atoms in total. The fourth-order valence-corrected chi connectivity index (χ4v) is 4.61. The molecule has 0 saturated heterocycles. The minimum Gasteiger partial charge on any atom is -0.456 e. The van der Waals surface area contributed by atoms with Gasteiger partial charge in [0.05, 0.1) is 10.5 Å². The minimum absolute atomic E-state index is 0.136. The van der Waals surface area contributed by atoms with Gasteiger partial charge in [0.2, 0.25) is 5.91 Å². The molecule has 2 heterocycles. The van der Waals surface area contributed by atoms with Gasteiger partial charge < -0.3 is 14.6 Å². The molecule has 1 N–H and O–H groups in total. The van der Waals surface area contributed by atoms with Crippen LogP contribution in [0.3, 0.4) is 0 Å². The maximum absolute atomic E-state index is 13.8. The fourth-order valence-electron chi connectivity index (χ4n) is 3.69. The molecule has 2 aromatic carbocycles. The van der Waals surface area contributed by atoms with Crippen molar-refractivity contribution in [2.45, 2.75) is 20.8 Å². The summed E-state index contributed by atoms with van der Waals surface area (Å²) in [5.74, 6) is 0.332. The number of amides is 1. The first kappa shape index (κ1) is 22.4. The highest BCUT2D eigenvalue weighted by atomic mass is 32.1. The molecule has 0 bridgehead atoms. The summed E-state index contributed by atoms with van der Waals surface area (Å²) in [5.41, 5.74) is 3.57. The number of aromatic nitrogens is 2. The highest BCUT2D eigenvalue weighted by Crippen LogP contribution is 2.40. The lowest BCUT2D eigenvalue weighted by molar-refractivity contribution is -0.111. The molecular formula is C25H22FN3O3S. The van der Waals surface area contributed by atoms with E-state index in [0.29, 0.717) is 49.7 Å². The van der Waals surface area contributed by atoms with Gasteiger partial charge in [-0.2, -0.15) is 0 Å². The summed E-state index contributed by atoms with van der Waals surface area (Å²) in [4.78, 5) is 29.2. The Morgan fingerprint density at radius 2 is 1.88 bits per heavy atom. The Hall–Kier alpha value is -3.78. The van der Waals surface area contributed by atoms with E-state index in [1.54, 1.807) is 45.3 Å². The molecule has 4 rings (SSSR count). The van der Waals surface area contributed by atoms with Crippen LogP contribution in [0.4, 0.5) is 10.1 Å². The number of anilines is 1. The number of aryl methyl sites for hydroxylation is 4. The topological polar surface area (TPSA) is 73.2 Å². The highest BCUT2D eigenvalue weighted by Gasteiger charge is 2.19. The van der Waals surface area contributed by atoms with Crippen LogP contribution in [-0.2, 0) is 11.8 Å². The average Bonchev–Trinajstić information content (AvgIpc) is 3.15. The number of benzene rings is 2. The second-order valence-electron chi connectivity index (χ2n) is 7.74. The van der Waals surface area contributed by atoms with E-state index >= 15 is 0 Å². The van der Waals surface area contributed by atoms with Gasteiger partial charge in [-0.1, -0.05) is 6.58 Å². The molecule has 4 aromatic rings. The third-order valence-electron chi connectivity index (χ3n) is 5.19. The number of hydrogen-bond acceptors (Lipinski definition) is 5. The number of fused-ring (bicyclic) bond motifs is 1. The average molecular weight is 464 g/mol. The van der Waals surface area contributed by atoms with E-state index < -0.39 is 0 Å². The molecule has 2 aromatic heterocycles. The molecule has 0 saturated carbocycles. The van der Waals surface area contributed by atoms with Crippen LogP contribution in [0, 0.1) is 26.6 Å². The number of pyridine rings is 1. The molecule has 0 fully saturated rings. The summed E-state index contributed by atoms with van der Waals surface area (Å²) in [6.45, 7) is 8.88. The van der Waals surface area contributed by atoms with Crippen LogP contribution in [0.5, 0.6) is 11.5 Å². The van der Waals surface area contributed by atoms with Gasteiger partial charge in [0.25, 0.3) is 5.56 Å². The minimum atomic E-state index is -0.352. The fraction of sp³-hybridized carbons (Fsp3) is 0.160. The molecular weight excluding hydrogens is 441 g/mol. The number of nitrogens with zero attached hydrogens (tertiary/aromatic N) is 2. The summed E-state index contributed by atoms with van der Waals surface area (Å²) in [5, 5.41) is 3.52. The van der Waals surface area contributed by atoms with Crippen molar-refractivity contribution < 1.29 is 13.9 Å². The zero-order valence-corrected chi connectivity index (χ0v) is 19.5. The van der Waals surface area contributed by atoms with Crippen LogP contribution in [0.15, 0.2) is 54.0 Å². The normalized spacial score (nSPS) is 10.9. The Balaban J connectivity index is 1.96. The lowest BCUT2D eigenvalue weighted by atomic mass is 10.0. The molecule has 0 aliphatic carbocycles. The largest absolute Gasteiger partial charge is 0.456 e. The van der Waals surface area contributed by atoms with Crippen LogP contribution in [-0.4, -0.2) is 15.5 Å². The second-order valence-corrected chi connectivity index (χ2v) is 8.95. The molecule has 0 aliphatic heterocycles. The van der Waals surface area contributed by atoms with E-state index in [0.717, 1.165) is 5.01 Å². The van der Waals surface area contributed by atoms with Crippen LogP contribution >= 0.6 is 11.3 Å². The van der Waals surface area contributed by atoms with Crippen LogP contribution in [0.25, 0.3) is 21.3 Å². The van der Waals surface area contributed by atoms with Gasteiger partial charge in [-0.25, -0.2) is 9.37 Å². The van der Waals surface area contributed by atoms with Gasteiger partial charge in [0.1, 0.15) is 22.0 Å². The first-order chi connectivity index (χ1) is 15.7. The summed E-state index contributed by atoms with van der Waals surface area (Å²) in [7, 11) is 1.68. The zero-order chi connectivity index (χ0) is 23.9. The van der Waals surface area contributed by atoms with Gasteiger partial charge in [-0.3, -0.25) is 9.59 Å². The Bertz CT molecular complexity index is 1460. The van der Waals surface area contributed by atoms with E-state index in [2.05, 4.69) is 16.9 Å². The third kappa shape index (κ3) is 4.29. The molecule has 0 unspecified atom stereocenters. The number of rotatable bonds is 5. The Kier molecular flexibility index (Phi) is 5.86. The number of nitrogens with one attached hydrogen (secondary N) is 1. The maximum atomic E-state index is 13.8. The smallest absolute Gasteiger partial charge is 0.269 e. The van der Waals surface area contributed by atoms with Gasteiger partial charge in [0, 0.05) is 30.1 Å². The van der Waals surface area contributed by atoms with E-state index in [1.807, 2.05) is 6.92 Å². The standard InChI is InChI=1S/C25H22FN3O3S/c1-6-21(30)28-17-7-8-20(32-23-13(2)9-16(26)10-14(23)3)18(11-17)19-12-29(5)25(31)24-22(19)27-15(4)33-24/h6-12H,1H2,2-5H3,(H,28,30). The highest BCUT2D eigenvalue weighted by molar-refractivity contribution is 7.18. The van der Waals surface area contributed by atoms with Gasteiger partial charge >= 0.3 is 0 Å². The van der Waals surface area contributed by atoms with Crippen molar-refractivity contribution in [1.29, 1.82) is 0 Å². The summed E-state index contributed by atoms with van der Waals surface area (Å²) >= 11 is 1.33. The van der Waals surface area contributed by atoms with Crippen molar-refractivity contribution in [3.8, 4) is 22.6 Å². The Morgan fingerprint density at radius 3 is 2.55 bits per heavy atom. The number of carbonyl (C=O) groups is 1. The lowest BCUT2D eigenvalue weighted by Gasteiger charge is -2.17. The van der Waals surface area contributed by atoms with Crippen molar-refractivity contribution >= 4 is 33.1 Å². The molecule has 168 valence electrons. The summed E-state index contributed by atoms with van der Waals surface area (Å²) in [6, 6.07) is 8.02. The SMILES string of the molecule is C=CC(=O)Nc1ccc(Oc2c(C)cc(F)cc2C)c(-c2cn(C)c(=O)c3sc(C)nc23)c1. The Labute approximate surface area is 194 Å². The maximum Gasteiger partial charge on any atom is 0.269 e. The van der Waals surface area contributed by atoms with Gasteiger partial charge in [0.15, 0.2) is 0 Å². The monoisotopic (exact) mass is 463 g/mol. The van der Waals surface area contributed by atoms with E-state index in [9.17, 15) is 14.0 Å². The molecule has 0 spiro atoms. The van der Waals surface area contributed by atoms with Crippen molar-refractivity contribution in [2.75, 3.05) is 5.32 Å². The summed E-state index contributed by atoms with van der Waals surface area (Å²) < 4.78 is 22.1. The van der Waals surface area contributed by atoms with Crippen molar-refractivity contribution in [1.82, 2.24) is 9.55 Å². The summed E-state index contributed by atoms with van der Waals surface area (Å²) in [6.07, 6.45) is 2.89. The quantitative estimate of drug-likeness (QED) is 0.389. The van der Waals surface area contributed by atoms with Crippen LogP contribution in [0.2, 0.25) is 0 Å². The predicted molar refractivity (Wildman–Crippen MR) is 130 cm³/mol. The molecule has 0 atom stereocenters. The van der Waals surface area contributed by atoms with Crippen LogP contribution < -0.4 is 15.6 Å². The number of thiazole rings is 1. The van der Waals surface area contributed by atoms with E-state index in [4.69, 9.17) is 4.74 Å². The molecule has 0 radical (unpaired) electrons. The molecule has 33 heavy (non-hydrogen) atoms. The van der Waals surface area contributed by atoms with Gasteiger partial charge in [-0.15, -0.1) is 11.3 Å². The number of halogens is 1. The molecule has 8 heteroatoms. The van der Waals surface area contributed by atoms with Gasteiger partial charge in [-0.05, 0) is 68.3 Å². The van der Waals surface area contributed by atoms with Crippen molar-refractivity contribution in [2.24, 2.45) is 7.05 Å². The lowest BCUT2D eigenvalue weighted by Crippen LogP contribution is -2.15. The zero-order valence-electron chi connectivity index (χ0n) is 18.7. The Morgan fingerprint density at radius 1 is 1.18 bits per heavy atom. The van der Waals surface area contributed by atoms with Crippen molar-refractivity contribution in [3.05, 3.63) is 81.5 Å². The van der Waals surface area contributed by atoms with Crippen molar-refractivity contribution in [3.63, 3.8) is 0 Å². The third-order valence-corrected chi connectivity index (χ3v) is 6.15.